The maximum absolute atomic E-state index is 10.6. The lowest BCUT2D eigenvalue weighted by molar-refractivity contribution is 0.0418. The molecule has 20 heavy (non-hydrogen) atoms. The van der Waals surface area contributed by atoms with Crippen LogP contribution in [0, 0.1) is 17.8 Å². The summed E-state index contributed by atoms with van der Waals surface area (Å²) >= 11 is 3.50. The molecule has 3 heteroatoms. The number of benzene rings is 1. The molecular weight excluding hydrogens is 316 g/mol. The van der Waals surface area contributed by atoms with Crippen LogP contribution in [0.2, 0.25) is 0 Å². The van der Waals surface area contributed by atoms with Crippen LogP contribution in [0.1, 0.15) is 45.0 Å². The summed E-state index contributed by atoms with van der Waals surface area (Å²) < 4.78 is 6.82. The van der Waals surface area contributed by atoms with E-state index >= 15 is 0 Å². The average molecular weight is 337 g/mol. The summed E-state index contributed by atoms with van der Waals surface area (Å²) in [7, 11) is 0. The largest absolute Gasteiger partial charge is 0.457 e. The van der Waals surface area contributed by atoms with E-state index in [0.29, 0.717) is 17.6 Å². The summed E-state index contributed by atoms with van der Waals surface area (Å²) in [5, 5.41) is 11.7. The highest BCUT2D eigenvalue weighted by molar-refractivity contribution is 9.10. The third-order valence-corrected chi connectivity index (χ3v) is 5.52. The van der Waals surface area contributed by atoms with Gasteiger partial charge in [0, 0.05) is 5.39 Å². The SMILES string of the molecule is CC1CCC(C(O)c2cc3cccc(Br)c3o2)CC1C. The van der Waals surface area contributed by atoms with Gasteiger partial charge in [0.05, 0.1) is 4.47 Å². The molecule has 0 amide bonds. The molecule has 0 aliphatic heterocycles. The van der Waals surface area contributed by atoms with Gasteiger partial charge in [0.25, 0.3) is 0 Å². The quantitative estimate of drug-likeness (QED) is 0.806. The van der Waals surface area contributed by atoms with Crippen molar-refractivity contribution in [2.24, 2.45) is 17.8 Å². The number of aliphatic hydroxyl groups is 1. The number of rotatable bonds is 2. The minimum absolute atomic E-state index is 0.320. The summed E-state index contributed by atoms with van der Waals surface area (Å²) in [5.41, 5.74) is 0.832. The Hall–Kier alpha value is -0.800. The molecule has 0 saturated heterocycles. The molecule has 1 aromatic carbocycles. The van der Waals surface area contributed by atoms with Crippen LogP contribution in [0.3, 0.4) is 0 Å². The fourth-order valence-electron chi connectivity index (χ4n) is 3.30. The van der Waals surface area contributed by atoms with Crippen molar-refractivity contribution < 1.29 is 9.52 Å². The van der Waals surface area contributed by atoms with E-state index in [2.05, 4.69) is 29.8 Å². The highest BCUT2D eigenvalue weighted by Crippen LogP contribution is 2.41. The number of furan rings is 1. The molecule has 4 atom stereocenters. The van der Waals surface area contributed by atoms with Gasteiger partial charge < -0.3 is 9.52 Å². The van der Waals surface area contributed by atoms with E-state index in [0.717, 1.165) is 34.2 Å². The first-order valence-electron chi connectivity index (χ1n) is 7.42. The number of fused-ring (bicyclic) bond motifs is 1. The van der Waals surface area contributed by atoms with E-state index < -0.39 is 6.10 Å². The van der Waals surface area contributed by atoms with E-state index in [-0.39, 0.29) is 0 Å². The van der Waals surface area contributed by atoms with E-state index in [9.17, 15) is 5.11 Å². The van der Waals surface area contributed by atoms with Gasteiger partial charge in [-0.1, -0.05) is 32.4 Å². The molecule has 0 bridgehead atoms. The second-order valence-electron chi connectivity index (χ2n) is 6.28. The molecule has 0 radical (unpaired) electrons. The van der Waals surface area contributed by atoms with E-state index in [4.69, 9.17) is 4.42 Å². The zero-order chi connectivity index (χ0) is 14.3. The molecule has 3 rings (SSSR count). The van der Waals surface area contributed by atoms with Crippen molar-refractivity contribution in [2.75, 3.05) is 0 Å². The Bertz CT molecular complexity index is 604. The minimum atomic E-state index is -0.482. The predicted molar refractivity (Wildman–Crippen MR) is 84.5 cm³/mol. The molecule has 1 aliphatic rings. The highest BCUT2D eigenvalue weighted by atomic mass is 79.9. The molecule has 1 N–H and O–H groups in total. The van der Waals surface area contributed by atoms with Crippen LogP contribution < -0.4 is 0 Å². The molecule has 1 saturated carbocycles. The van der Waals surface area contributed by atoms with Gasteiger partial charge in [0.15, 0.2) is 0 Å². The standard InChI is InChI=1S/C17H21BrO2/c1-10-6-7-12(8-11(10)2)16(19)15-9-13-4-3-5-14(18)17(13)20-15/h3-5,9-12,16,19H,6-8H2,1-2H3. The number of aliphatic hydroxyl groups excluding tert-OH is 1. The lowest BCUT2D eigenvalue weighted by Gasteiger charge is -2.33. The van der Waals surface area contributed by atoms with Crippen LogP contribution in [0.4, 0.5) is 0 Å². The second-order valence-corrected chi connectivity index (χ2v) is 7.13. The van der Waals surface area contributed by atoms with Crippen molar-refractivity contribution in [1.82, 2.24) is 0 Å². The number of para-hydroxylation sites is 1. The monoisotopic (exact) mass is 336 g/mol. The summed E-state index contributed by atoms with van der Waals surface area (Å²) in [5.74, 6) is 2.47. The fourth-order valence-corrected chi connectivity index (χ4v) is 3.76. The summed E-state index contributed by atoms with van der Waals surface area (Å²) in [6.45, 7) is 4.60. The van der Waals surface area contributed by atoms with Gasteiger partial charge in [-0.05, 0) is 58.7 Å². The first kappa shape index (κ1) is 14.2. The third-order valence-electron chi connectivity index (χ3n) is 4.89. The molecular formula is C17H21BrO2. The topological polar surface area (TPSA) is 33.4 Å². The van der Waals surface area contributed by atoms with Crippen molar-refractivity contribution >= 4 is 26.9 Å². The van der Waals surface area contributed by atoms with Gasteiger partial charge in [-0.2, -0.15) is 0 Å². The van der Waals surface area contributed by atoms with Crippen LogP contribution in [0.15, 0.2) is 33.2 Å². The number of hydrogen-bond donors (Lipinski definition) is 1. The van der Waals surface area contributed by atoms with Crippen LogP contribution in [0.5, 0.6) is 0 Å². The summed E-state index contributed by atoms with van der Waals surface area (Å²) in [6.07, 6.45) is 2.89. The average Bonchev–Trinajstić information content (AvgIpc) is 2.86. The van der Waals surface area contributed by atoms with Crippen molar-refractivity contribution in [1.29, 1.82) is 0 Å². The molecule has 1 heterocycles. The van der Waals surface area contributed by atoms with Crippen LogP contribution in [-0.4, -0.2) is 5.11 Å². The lowest BCUT2D eigenvalue weighted by Crippen LogP contribution is -2.25. The Morgan fingerprint density at radius 3 is 2.75 bits per heavy atom. The van der Waals surface area contributed by atoms with E-state index in [1.54, 1.807) is 0 Å². The molecule has 2 aromatic rings. The first-order chi connectivity index (χ1) is 9.56. The maximum Gasteiger partial charge on any atom is 0.148 e. The van der Waals surface area contributed by atoms with Crippen molar-refractivity contribution in [3.8, 4) is 0 Å². The van der Waals surface area contributed by atoms with Crippen molar-refractivity contribution in [2.45, 2.75) is 39.2 Å². The summed E-state index contributed by atoms with van der Waals surface area (Å²) in [6, 6.07) is 7.95. The van der Waals surface area contributed by atoms with Gasteiger partial charge >= 0.3 is 0 Å². The molecule has 2 nitrogen and oxygen atoms in total. The minimum Gasteiger partial charge on any atom is -0.457 e. The number of halogens is 1. The van der Waals surface area contributed by atoms with Gasteiger partial charge in [0.1, 0.15) is 17.4 Å². The predicted octanol–water partition coefficient (Wildman–Crippen LogP) is 5.30. The number of hydrogen-bond acceptors (Lipinski definition) is 2. The smallest absolute Gasteiger partial charge is 0.148 e. The van der Waals surface area contributed by atoms with Crippen molar-refractivity contribution in [3.05, 3.63) is 34.5 Å². The van der Waals surface area contributed by atoms with Gasteiger partial charge in [-0.15, -0.1) is 0 Å². The zero-order valence-electron chi connectivity index (χ0n) is 12.0. The summed E-state index contributed by atoms with van der Waals surface area (Å²) in [4.78, 5) is 0. The van der Waals surface area contributed by atoms with Crippen LogP contribution in [-0.2, 0) is 0 Å². The lowest BCUT2D eigenvalue weighted by atomic mass is 9.73. The maximum atomic E-state index is 10.6. The van der Waals surface area contributed by atoms with Crippen LogP contribution >= 0.6 is 15.9 Å². The zero-order valence-corrected chi connectivity index (χ0v) is 13.6. The molecule has 1 fully saturated rings. The molecule has 1 aliphatic carbocycles. The Kier molecular flexibility index (Phi) is 3.91. The highest BCUT2D eigenvalue weighted by Gasteiger charge is 2.31. The first-order valence-corrected chi connectivity index (χ1v) is 8.21. The van der Waals surface area contributed by atoms with Gasteiger partial charge in [-0.3, -0.25) is 0 Å². The van der Waals surface area contributed by atoms with Gasteiger partial charge in [0.2, 0.25) is 0 Å². The van der Waals surface area contributed by atoms with Crippen LogP contribution in [0.25, 0.3) is 11.0 Å². The van der Waals surface area contributed by atoms with E-state index in [1.165, 1.54) is 6.42 Å². The Morgan fingerprint density at radius 1 is 1.25 bits per heavy atom. The molecule has 108 valence electrons. The van der Waals surface area contributed by atoms with Crippen molar-refractivity contribution in [3.63, 3.8) is 0 Å². The molecule has 0 spiro atoms. The Morgan fingerprint density at radius 2 is 2.05 bits per heavy atom. The molecule has 4 unspecified atom stereocenters. The third kappa shape index (κ3) is 2.53. The Labute approximate surface area is 128 Å². The Balaban J connectivity index is 1.85. The fraction of sp³-hybridized carbons (Fsp3) is 0.529. The van der Waals surface area contributed by atoms with E-state index in [1.807, 2.05) is 24.3 Å². The second kappa shape index (κ2) is 5.53. The molecule has 1 aromatic heterocycles. The van der Waals surface area contributed by atoms with Gasteiger partial charge in [-0.25, -0.2) is 0 Å². The normalized spacial score (nSPS) is 28.7.